The van der Waals surface area contributed by atoms with Crippen molar-refractivity contribution in [1.29, 1.82) is 0 Å². The summed E-state index contributed by atoms with van der Waals surface area (Å²) in [4.78, 5) is 12.3. The van der Waals surface area contributed by atoms with Crippen LogP contribution < -0.4 is 10.8 Å². The summed E-state index contributed by atoms with van der Waals surface area (Å²) >= 11 is 1.13. The molecule has 0 aromatic heterocycles. The number of benzene rings is 1. The van der Waals surface area contributed by atoms with Crippen LogP contribution >= 0.6 is 12.0 Å². The highest BCUT2D eigenvalue weighted by atomic mass is 32.2. The molecule has 3 nitrogen and oxygen atoms in total. The molecule has 0 fully saturated rings. The summed E-state index contributed by atoms with van der Waals surface area (Å²) in [6.07, 6.45) is 0.277. The number of nitrogens with one attached hydrogen (secondary N) is 1. The highest BCUT2D eigenvalue weighted by molar-refractivity contribution is 7.98. The second-order valence-electron chi connectivity index (χ2n) is 3.77. The van der Waals surface area contributed by atoms with Crippen LogP contribution in [-0.4, -0.2) is 20.3 Å². The van der Waals surface area contributed by atoms with Gasteiger partial charge in [0, 0.05) is 23.5 Å². The van der Waals surface area contributed by atoms with Crippen molar-refractivity contribution in [2.75, 3.05) is 7.11 Å². The van der Waals surface area contributed by atoms with E-state index in [0.29, 0.717) is 11.4 Å². The van der Waals surface area contributed by atoms with E-state index in [1.807, 2.05) is 38.4 Å². The van der Waals surface area contributed by atoms with Crippen LogP contribution in [-0.2, 0) is 15.5 Å². The number of carbonyl (C=O) groups is 1. The number of amides is 1. The van der Waals surface area contributed by atoms with Crippen LogP contribution in [0.2, 0.25) is 6.82 Å². The topological polar surface area (TPSA) is 38.3 Å². The van der Waals surface area contributed by atoms with Gasteiger partial charge in [-0.3, -0.25) is 4.79 Å². The minimum atomic E-state index is -0.0457. The summed E-state index contributed by atoms with van der Waals surface area (Å²) in [6, 6.07) is 8.07. The van der Waals surface area contributed by atoms with Gasteiger partial charge in [-0.1, -0.05) is 43.1 Å². The van der Waals surface area contributed by atoms with Gasteiger partial charge in [0.25, 0.3) is 0 Å². The molecule has 1 aromatic rings. The molecule has 0 saturated carbocycles. The van der Waals surface area contributed by atoms with Crippen molar-refractivity contribution in [3.8, 4) is 0 Å². The van der Waals surface area contributed by atoms with Gasteiger partial charge in [-0.05, 0) is 5.56 Å². The molecule has 1 aromatic carbocycles. The largest absolute Gasteiger partial charge is 0.352 e. The lowest BCUT2D eigenvalue weighted by Gasteiger charge is -2.06. The van der Waals surface area contributed by atoms with Gasteiger partial charge in [0.15, 0.2) is 0 Å². The van der Waals surface area contributed by atoms with Gasteiger partial charge in [-0.25, -0.2) is 0 Å². The Morgan fingerprint density at radius 1 is 1.44 bits per heavy atom. The van der Waals surface area contributed by atoms with E-state index in [-0.39, 0.29) is 12.3 Å². The number of hydrogen-bond donors (Lipinski definition) is 1. The Labute approximate surface area is 113 Å². The Balaban J connectivity index is 2.35. The molecule has 0 heterocycles. The van der Waals surface area contributed by atoms with E-state index >= 15 is 0 Å². The molecular formula is C13H17BNO2S. The zero-order chi connectivity index (χ0) is 13.4. The average molecular weight is 262 g/mol. The zero-order valence-electron chi connectivity index (χ0n) is 10.7. The third kappa shape index (κ3) is 5.43. The molecule has 0 aliphatic carbocycles. The molecule has 95 valence electrons. The zero-order valence-corrected chi connectivity index (χ0v) is 11.5. The Kier molecular flexibility index (Phi) is 6.61. The third-order valence-corrected chi connectivity index (χ3v) is 2.91. The summed E-state index contributed by atoms with van der Waals surface area (Å²) < 4.78 is 4.83. The number of hydrogen-bond acceptors (Lipinski definition) is 3. The molecule has 18 heavy (non-hydrogen) atoms. The molecule has 5 heteroatoms. The van der Waals surface area contributed by atoms with E-state index in [1.165, 1.54) is 5.46 Å². The van der Waals surface area contributed by atoms with E-state index in [0.717, 1.165) is 17.6 Å². The molecule has 1 rings (SSSR count). The summed E-state index contributed by atoms with van der Waals surface area (Å²) in [5, 5.41) is 2.85. The molecule has 0 bridgehead atoms. The maximum absolute atomic E-state index is 11.6. The van der Waals surface area contributed by atoms with Crippen molar-refractivity contribution in [3.63, 3.8) is 0 Å². The van der Waals surface area contributed by atoms with E-state index in [1.54, 1.807) is 7.11 Å². The van der Waals surface area contributed by atoms with Crippen molar-refractivity contribution < 1.29 is 8.98 Å². The first-order valence-electron chi connectivity index (χ1n) is 5.69. The fourth-order valence-corrected chi connectivity index (χ4v) is 1.84. The van der Waals surface area contributed by atoms with Crippen molar-refractivity contribution in [3.05, 3.63) is 41.3 Å². The molecule has 1 N–H and O–H groups in total. The van der Waals surface area contributed by atoms with Gasteiger partial charge in [0.1, 0.15) is 7.28 Å². The maximum atomic E-state index is 11.6. The van der Waals surface area contributed by atoms with Crippen LogP contribution in [0.4, 0.5) is 0 Å². The quantitative estimate of drug-likeness (QED) is 0.602. The van der Waals surface area contributed by atoms with Crippen molar-refractivity contribution in [2.24, 2.45) is 0 Å². The van der Waals surface area contributed by atoms with Gasteiger partial charge in [0.2, 0.25) is 5.91 Å². The summed E-state index contributed by atoms with van der Waals surface area (Å²) in [6.45, 7) is 6.27. The Morgan fingerprint density at radius 2 is 2.11 bits per heavy atom. The van der Waals surface area contributed by atoms with Gasteiger partial charge in [-0.2, -0.15) is 0 Å². The summed E-state index contributed by atoms with van der Waals surface area (Å²) in [5.41, 5.74) is 2.26. The second-order valence-corrected chi connectivity index (χ2v) is 4.85. The highest BCUT2D eigenvalue weighted by Gasteiger charge is 2.04. The van der Waals surface area contributed by atoms with Crippen LogP contribution in [0, 0.1) is 0 Å². The third-order valence-electron chi connectivity index (χ3n) is 2.36. The van der Waals surface area contributed by atoms with Gasteiger partial charge >= 0.3 is 0 Å². The summed E-state index contributed by atoms with van der Waals surface area (Å²) in [7, 11) is 3.59. The van der Waals surface area contributed by atoms with Crippen LogP contribution in [0.1, 0.15) is 12.0 Å². The first-order valence-corrected chi connectivity index (χ1v) is 6.43. The van der Waals surface area contributed by atoms with Crippen LogP contribution in [0.5, 0.6) is 0 Å². The number of rotatable bonds is 7. The van der Waals surface area contributed by atoms with E-state index in [9.17, 15) is 4.79 Å². The molecule has 0 saturated heterocycles. The second kappa shape index (κ2) is 8.00. The standard InChI is InChI=1S/C13H17BNO2S/c1-10(18-17-3)8-13(16)15-9-11-4-6-12(14-2)7-5-11/h4-7H,1,8-9H2,2-3H3,(H,15,16). The molecule has 0 spiro atoms. The first kappa shape index (κ1) is 14.9. The van der Waals surface area contributed by atoms with Gasteiger partial charge in [0.05, 0.1) is 13.5 Å². The maximum Gasteiger partial charge on any atom is 0.225 e. The molecule has 0 aliphatic rings. The van der Waals surface area contributed by atoms with Crippen LogP contribution in [0.25, 0.3) is 0 Å². The van der Waals surface area contributed by atoms with E-state index in [2.05, 4.69) is 11.9 Å². The molecule has 0 aliphatic heterocycles. The lowest BCUT2D eigenvalue weighted by atomic mass is 9.73. The minimum Gasteiger partial charge on any atom is -0.352 e. The molecular weight excluding hydrogens is 245 g/mol. The molecule has 0 unspecified atom stereocenters. The molecule has 1 radical (unpaired) electrons. The van der Waals surface area contributed by atoms with E-state index in [4.69, 9.17) is 4.18 Å². The number of carbonyl (C=O) groups excluding carboxylic acids is 1. The first-order chi connectivity index (χ1) is 8.65. The van der Waals surface area contributed by atoms with Crippen LogP contribution in [0.15, 0.2) is 35.7 Å². The minimum absolute atomic E-state index is 0.0457. The predicted molar refractivity (Wildman–Crippen MR) is 77.9 cm³/mol. The Bertz CT molecular complexity index is 406. The normalized spacial score (nSPS) is 9.89. The lowest BCUT2D eigenvalue weighted by molar-refractivity contribution is -0.120. The van der Waals surface area contributed by atoms with Gasteiger partial charge < -0.3 is 9.50 Å². The SMILES string of the molecule is C=C(CC(=O)NCc1ccc([B]C)cc1)SOC. The summed E-state index contributed by atoms with van der Waals surface area (Å²) in [5.74, 6) is -0.0457. The average Bonchev–Trinajstić information content (AvgIpc) is 2.37. The van der Waals surface area contributed by atoms with Crippen LogP contribution in [0.3, 0.4) is 0 Å². The monoisotopic (exact) mass is 262 g/mol. The van der Waals surface area contributed by atoms with E-state index < -0.39 is 0 Å². The van der Waals surface area contributed by atoms with Gasteiger partial charge in [-0.15, -0.1) is 0 Å². The van der Waals surface area contributed by atoms with Crippen molar-refractivity contribution >= 4 is 30.7 Å². The Hall–Kier alpha value is -1.20. The fraction of sp³-hybridized carbons (Fsp3) is 0.308. The predicted octanol–water partition coefficient (Wildman–Crippen LogP) is 1.88. The highest BCUT2D eigenvalue weighted by Crippen LogP contribution is 2.16. The fourth-order valence-electron chi connectivity index (χ4n) is 1.42. The van der Waals surface area contributed by atoms with Crippen molar-refractivity contribution in [1.82, 2.24) is 5.32 Å². The molecule has 0 atom stereocenters. The Morgan fingerprint density at radius 3 is 2.67 bits per heavy atom. The molecule has 1 amide bonds. The van der Waals surface area contributed by atoms with Crippen molar-refractivity contribution in [2.45, 2.75) is 19.8 Å². The lowest BCUT2D eigenvalue weighted by Crippen LogP contribution is -2.23. The smallest absolute Gasteiger partial charge is 0.225 e.